The van der Waals surface area contributed by atoms with Crippen LogP contribution in [0.15, 0.2) is 51.0 Å². The fraction of sp³-hybridized carbons (Fsp3) is 0.333. The molecule has 3 aromatic rings. The third-order valence-electron chi connectivity index (χ3n) is 6.28. The van der Waals surface area contributed by atoms with E-state index in [1.807, 2.05) is 9.80 Å². The lowest BCUT2D eigenvalue weighted by Crippen LogP contribution is -2.49. The van der Waals surface area contributed by atoms with Crippen LogP contribution in [0.3, 0.4) is 0 Å². The van der Waals surface area contributed by atoms with Crippen molar-refractivity contribution in [2.75, 3.05) is 37.6 Å². The molecule has 0 spiro atoms. The first-order valence-electron chi connectivity index (χ1n) is 11.3. The SMILES string of the molecule is O=C(CN1CCN(c2cc3c(cc2F)c(=O)c(C(=O)O)cn3C2CC2)CC1)N/N=C/c1ccco1. The Labute approximate surface area is 199 Å². The van der Waals surface area contributed by atoms with E-state index in [1.54, 1.807) is 22.8 Å². The number of nitrogens with zero attached hydrogens (tertiary/aromatic N) is 4. The Bertz CT molecular complexity index is 1350. The molecule has 1 amide bonds. The van der Waals surface area contributed by atoms with Gasteiger partial charge in [0.05, 0.1) is 30.2 Å². The number of piperazine rings is 1. The summed E-state index contributed by atoms with van der Waals surface area (Å²) in [6.45, 7) is 2.22. The van der Waals surface area contributed by atoms with E-state index >= 15 is 4.39 Å². The minimum atomic E-state index is -1.32. The average Bonchev–Trinajstić information content (AvgIpc) is 3.55. The summed E-state index contributed by atoms with van der Waals surface area (Å²) in [6.07, 6.45) is 6.07. The number of anilines is 1. The number of halogens is 1. The minimum absolute atomic E-state index is 0.0726. The van der Waals surface area contributed by atoms with E-state index in [0.717, 1.165) is 18.9 Å². The Balaban J connectivity index is 1.28. The number of aromatic nitrogens is 1. The third kappa shape index (κ3) is 4.80. The second kappa shape index (κ2) is 9.34. The lowest BCUT2D eigenvalue weighted by molar-refractivity contribution is -0.122. The molecule has 1 saturated carbocycles. The summed E-state index contributed by atoms with van der Waals surface area (Å²) in [5.41, 5.74) is 2.33. The van der Waals surface area contributed by atoms with Gasteiger partial charge >= 0.3 is 5.97 Å². The van der Waals surface area contributed by atoms with Gasteiger partial charge in [0.1, 0.15) is 17.1 Å². The Morgan fingerprint density at radius 1 is 1.23 bits per heavy atom. The lowest BCUT2D eigenvalue weighted by Gasteiger charge is -2.35. The van der Waals surface area contributed by atoms with Gasteiger partial charge in [0.2, 0.25) is 5.43 Å². The number of hydrazone groups is 1. The van der Waals surface area contributed by atoms with Gasteiger partial charge < -0.3 is 19.0 Å². The summed E-state index contributed by atoms with van der Waals surface area (Å²) < 4.78 is 22.0. The maximum absolute atomic E-state index is 15.1. The van der Waals surface area contributed by atoms with Crippen LogP contribution in [-0.2, 0) is 4.79 Å². The second-order valence-corrected chi connectivity index (χ2v) is 8.71. The van der Waals surface area contributed by atoms with Crippen molar-refractivity contribution in [1.29, 1.82) is 0 Å². The molecule has 1 aromatic carbocycles. The number of pyridine rings is 1. The maximum atomic E-state index is 15.1. The number of furan rings is 1. The zero-order valence-electron chi connectivity index (χ0n) is 18.8. The molecule has 10 nitrogen and oxygen atoms in total. The zero-order chi connectivity index (χ0) is 24.5. The Kier molecular flexibility index (Phi) is 6.08. The molecule has 182 valence electrons. The maximum Gasteiger partial charge on any atom is 0.341 e. The molecule has 1 saturated heterocycles. The molecule has 2 aliphatic rings. The van der Waals surface area contributed by atoms with Gasteiger partial charge in [-0.15, -0.1) is 0 Å². The van der Waals surface area contributed by atoms with Gasteiger partial charge in [-0.25, -0.2) is 14.6 Å². The Morgan fingerprint density at radius 2 is 2.00 bits per heavy atom. The monoisotopic (exact) mass is 481 g/mol. The van der Waals surface area contributed by atoms with Crippen LogP contribution in [0.4, 0.5) is 10.1 Å². The fourth-order valence-electron chi connectivity index (χ4n) is 4.33. The number of carbonyl (C=O) groups is 2. The fourth-order valence-corrected chi connectivity index (χ4v) is 4.33. The van der Waals surface area contributed by atoms with Crippen molar-refractivity contribution in [2.24, 2.45) is 5.10 Å². The molecule has 0 atom stereocenters. The standard InChI is InChI=1S/C24H24FN5O5/c25-19-10-17-20(30(15-3-4-15)13-18(23(17)32)24(33)34)11-21(19)29-7-5-28(6-8-29)14-22(31)27-26-12-16-2-1-9-35-16/h1-2,9-13,15H,3-8,14H2,(H,27,31)(H,33,34)/b26-12+. The van der Waals surface area contributed by atoms with Crippen LogP contribution < -0.4 is 15.8 Å². The largest absolute Gasteiger partial charge is 0.477 e. The average molecular weight is 481 g/mol. The number of benzene rings is 1. The van der Waals surface area contributed by atoms with Crippen molar-refractivity contribution in [3.8, 4) is 0 Å². The van der Waals surface area contributed by atoms with Gasteiger partial charge in [-0.1, -0.05) is 0 Å². The highest BCUT2D eigenvalue weighted by molar-refractivity contribution is 5.93. The molecule has 0 radical (unpaired) electrons. The molecule has 2 N–H and O–H groups in total. The van der Waals surface area contributed by atoms with Crippen LogP contribution in [0.1, 0.15) is 35.0 Å². The molecule has 35 heavy (non-hydrogen) atoms. The van der Waals surface area contributed by atoms with Crippen molar-refractivity contribution >= 4 is 34.7 Å². The van der Waals surface area contributed by atoms with E-state index in [4.69, 9.17) is 4.42 Å². The number of hydrogen-bond donors (Lipinski definition) is 2. The quantitative estimate of drug-likeness (QED) is 0.391. The number of nitrogens with one attached hydrogen (secondary N) is 1. The van der Waals surface area contributed by atoms with Gasteiger partial charge in [-0.3, -0.25) is 14.5 Å². The van der Waals surface area contributed by atoms with Gasteiger partial charge in [0.15, 0.2) is 0 Å². The van der Waals surface area contributed by atoms with Gasteiger partial charge in [0, 0.05) is 43.8 Å². The first kappa shape index (κ1) is 22.8. The molecule has 2 fully saturated rings. The summed E-state index contributed by atoms with van der Waals surface area (Å²) in [4.78, 5) is 40.2. The van der Waals surface area contributed by atoms with Crippen molar-refractivity contribution in [3.63, 3.8) is 0 Å². The van der Waals surface area contributed by atoms with Crippen LogP contribution in [-0.4, -0.2) is 65.4 Å². The van der Waals surface area contributed by atoms with E-state index in [9.17, 15) is 19.5 Å². The molecular formula is C24H24FN5O5. The number of hydrogen-bond acceptors (Lipinski definition) is 7. The number of rotatable bonds is 7. The van der Waals surface area contributed by atoms with Crippen LogP contribution in [0.5, 0.6) is 0 Å². The normalized spacial score (nSPS) is 16.8. The summed E-state index contributed by atoms with van der Waals surface area (Å²) in [6, 6.07) is 6.34. The molecule has 1 aliphatic carbocycles. The Hall–Kier alpha value is -3.99. The van der Waals surface area contributed by atoms with E-state index in [2.05, 4.69) is 10.5 Å². The summed E-state index contributed by atoms with van der Waals surface area (Å²) in [7, 11) is 0. The molecule has 0 unspecified atom stereocenters. The van der Waals surface area contributed by atoms with Crippen molar-refractivity contribution in [2.45, 2.75) is 18.9 Å². The number of carboxylic acid groups (broad SMARTS) is 1. The second-order valence-electron chi connectivity index (χ2n) is 8.71. The number of amides is 1. The number of carboxylic acids is 1. The topological polar surface area (TPSA) is 120 Å². The van der Waals surface area contributed by atoms with Crippen molar-refractivity contribution in [1.82, 2.24) is 14.9 Å². The third-order valence-corrected chi connectivity index (χ3v) is 6.28. The van der Waals surface area contributed by atoms with Gasteiger partial charge in [0.25, 0.3) is 5.91 Å². The van der Waals surface area contributed by atoms with E-state index in [1.165, 1.54) is 18.7 Å². The first-order chi connectivity index (χ1) is 16.9. The predicted octanol–water partition coefficient (Wildman–Crippen LogP) is 2.04. The summed E-state index contributed by atoms with van der Waals surface area (Å²) in [5.74, 6) is -1.62. The smallest absolute Gasteiger partial charge is 0.341 e. The molecule has 11 heteroatoms. The molecule has 1 aliphatic heterocycles. The predicted molar refractivity (Wildman–Crippen MR) is 126 cm³/mol. The van der Waals surface area contributed by atoms with Crippen molar-refractivity contribution < 1.29 is 23.5 Å². The molecular weight excluding hydrogens is 457 g/mol. The van der Waals surface area contributed by atoms with Crippen molar-refractivity contribution in [3.05, 3.63) is 64.1 Å². The summed E-state index contributed by atoms with van der Waals surface area (Å²) >= 11 is 0. The zero-order valence-corrected chi connectivity index (χ0v) is 18.8. The highest BCUT2D eigenvalue weighted by atomic mass is 19.1. The number of aromatic carboxylic acids is 1. The van der Waals surface area contributed by atoms with Crippen LogP contribution >= 0.6 is 0 Å². The number of fused-ring (bicyclic) bond motifs is 1. The van der Waals surface area contributed by atoms with Crippen LogP contribution in [0, 0.1) is 5.82 Å². The van der Waals surface area contributed by atoms with Crippen LogP contribution in [0.2, 0.25) is 0 Å². The summed E-state index contributed by atoms with van der Waals surface area (Å²) in [5, 5.41) is 13.3. The van der Waals surface area contributed by atoms with E-state index in [0.29, 0.717) is 43.1 Å². The van der Waals surface area contributed by atoms with E-state index in [-0.39, 0.29) is 29.4 Å². The Morgan fingerprint density at radius 3 is 2.66 bits per heavy atom. The lowest BCUT2D eigenvalue weighted by atomic mass is 10.1. The first-order valence-corrected chi connectivity index (χ1v) is 11.3. The van der Waals surface area contributed by atoms with Gasteiger partial charge in [-0.05, 0) is 37.1 Å². The minimum Gasteiger partial charge on any atom is -0.477 e. The highest BCUT2D eigenvalue weighted by Crippen LogP contribution is 2.38. The molecule has 5 rings (SSSR count). The number of carbonyl (C=O) groups excluding carboxylic acids is 1. The highest BCUT2D eigenvalue weighted by Gasteiger charge is 2.28. The molecule has 0 bridgehead atoms. The molecule has 3 heterocycles. The molecule has 2 aromatic heterocycles. The van der Waals surface area contributed by atoms with E-state index < -0.39 is 17.2 Å². The van der Waals surface area contributed by atoms with Crippen LogP contribution in [0.25, 0.3) is 10.9 Å². The van der Waals surface area contributed by atoms with Gasteiger partial charge in [-0.2, -0.15) is 5.10 Å².